The van der Waals surface area contributed by atoms with E-state index in [0.29, 0.717) is 5.75 Å². The summed E-state index contributed by atoms with van der Waals surface area (Å²) < 4.78 is 5.80. The highest BCUT2D eigenvalue weighted by Crippen LogP contribution is 2.27. The van der Waals surface area contributed by atoms with Crippen molar-refractivity contribution in [1.29, 1.82) is 0 Å². The molecule has 4 N–H and O–H groups in total. The zero-order chi connectivity index (χ0) is 15.5. The Morgan fingerprint density at radius 3 is 2.68 bits per heavy atom. The molecular weight excluding hydrogens is 280 g/mol. The number of hydrogen-bond donors (Lipinski definition) is 3. The Hall–Kier alpha value is -2.79. The molecule has 1 heterocycles. The normalized spacial score (nSPS) is 12.2. The van der Waals surface area contributed by atoms with Crippen molar-refractivity contribution in [3.63, 3.8) is 0 Å². The highest BCUT2D eigenvalue weighted by molar-refractivity contribution is 5.85. The highest BCUT2D eigenvalue weighted by Gasteiger charge is 2.15. The van der Waals surface area contributed by atoms with Crippen molar-refractivity contribution in [2.24, 2.45) is 5.73 Å². The topological polar surface area (TPSA) is 88.3 Å². The number of benzene rings is 2. The highest BCUT2D eigenvalue weighted by atomic mass is 16.5. The van der Waals surface area contributed by atoms with Crippen LogP contribution in [0.25, 0.3) is 10.9 Å². The third kappa shape index (κ3) is 2.94. The van der Waals surface area contributed by atoms with Gasteiger partial charge in [-0.15, -0.1) is 0 Å². The van der Waals surface area contributed by atoms with Crippen LogP contribution in [0, 0.1) is 0 Å². The third-order valence-corrected chi connectivity index (χ3v) is 3.47. The number of aromatic nitrogens is 1. The monoisotopic (exact) mass is 296 g/mol. The van der Waals surface area contributed by atoms with Crippen molar-refractivity contribution in [2.75, 3.05) is 0 Å². The van der Waals surface area contributed by atoms with Gasteiger partial charge in [0.15, 0.2) is 0 Å². The quantitative estimate of drug-likeness (QED) is 0.675. The van der Waals surface area contributed by atoms with Gasteiger partial charge in [-0.1, -0.05) is 18.2 Å². The van der Waals surface area contributed by atoms with Crippen LogP contribution in [0.3, 0.4) is 0 Å². The van der Waals surface area contributed by atoms with Gasteiger partial charge >= 0.3 is 5.97 Å². The van der Waals surface area contributed by atoms with E-state index in [1.807, 2.05) is 48.5 Å². The number of ether oxygens (including phenoxy) is 1. The summed E-state index contributed by atoms with van der Waals surface area (Å²) >= 11 is 0. The Morgan fingerprint density at radius 2 is 1.95 bits per heavy atom. The molecule has 3 aromatic rings. The number of nitrogens with two attached hydrogens (primary N) is 1. The maximum atomic E-state index is 10.9. The molecule has 2 aromatic carbocycles. The van der Waals surface area contributed by atoms with Gasteiger partial charge < -0.3 is 20.6 Å². The van der Waals surface area contributed by atoms with Crippen LogP contribution < -0.4 is 10.5 Å². The molecule has 0 spiro atoms. The molecule has 0 amide bonds. The first-order valence-electron chi connectivity index (χ1n) is 6.95. The van der Waals surface area contributed by atoms with E-state index < -0.39 is 12.0 Å². The molecular formula is C17H16N2O3. The minimum Gasteiger partial charge on any atom is -0.480 e. The van der Waals surface area contributed by atoms with E-state index in [2.05, 4.69) is 4.98 Å². The Kier molecular flexibility index (Phi) is 3.80. The number of carbonyl (C=O) groups is 1. The molecule has 0 aliphatic rings. The van der Waals surface area contributed by atoms with E-state index in [-0.39, 0.29) is 6.42 Å². The fourth-order valence-electron chi connectivity index (χ4n) is 2.34. The summed E-state index contributed by atoms with van der Waals surface area (Å²) in [5, 5.41) is 9.86. The van der Waals surface area contributed by atoms with Gasteiger partial charge in [0.1, 0.15) is 17.5 Å². The maximum absolute atomic E-state index is 10.9. The van der Waals surface area contributed by atoms with Gasteiger partial charge in [-0.2, -0.15) is 0 Å². The SMILES string of the molecule is N[C@@H](Cc1c[nH]c2ccc(Oc3ccccc3)cc12)C(=O)O. The molecule has 5 nitrogen and oxygen atoms in total. The fraction of sp³-hybridized carbons (Fsp3) is 0.118. The molecule has 3 rings (SSSR count). The lowest BCUT2D eigenvalue weighted by molar-refractivity contribution is -0.138. The molecule has 0 unspecified atom stereocenters. The second-order valence-corrected chi connectivity index (χ2v) is 5.09. The summed E-state index contributed by atoms with van der Waals surface area (Å²) in [5.74, 6) is 0.440. The van der Waals surface area contributed by atoms with Crippen LogP contribution in [0.1, 0.15) is 5.56 Å². The number of nitrogens with one attached hydrogen (secondary N) is 1. The van der Waals surface area contributed by atoms with E-state index in [1.165, 1.54) is 0 Å². The Bertz CT molecular complexity index is 796. The number of carboxylic acids is 1. The summed E-state index contributed by atoms with van der Waals surface area (Å²) in [6, 6.07) is 14.2. The molecule has 1 aromatic heterocycles. The fourth-order valence-corrected chi connectivity index (χ4v) is 2.34. The van der Waals surface area contributed by atoms with Crippen molar-refractivity contribution >= 4 is 16.9 Å². The smallest absolute Gasteiger partial charge is 0.320 e. The average Bonchev–Trinajstić information content (AvgIpc) is 2.91. The Morgan fingerprint density at radius 1 is 1.18 bits per heavy atom. The number of para-hydroxylation sites is 1. The van der Waals surface area contributed by atoms with Crippen LogP contribution in [0.15, 0.2) is 54.7 Å². The minimum atomic E-state index is -1.01. The molecule has 0 bridgehead atoms. The number of rotatable bonds is 5. The minimum absolute atomic E-state index is 0.268. The van der Waals surface area contributed by atoms with E-state index in [9.17, 15) is 4.79 Å². The molecule has 112 valence electrons. The molecule has 0 fully saturated rings. The van der Waals surface area contributed by atoms with Crippen LogP contribution in [-0.4, -0.2) is 22.1 Å². The van der Waals surface area contributed by atoms with Crippen LogP contribution in [0.5, 0.6) is 11.5 Å². The van der Waals surface area contributed by atoms with E-state index >= 15 is 0 Å². The number of aliphatic carboxylic acids is 1. The van der Waals surface area contributed by atoms with Crippen molar-refractivity contribution in [1.82, 2.24) is 4.98 Å². The summed E-state index contributed by atoms with van der Waals surface area (Å²) in [4.78, 5) is 14.0. The van der Waals surface area contributed by atoms with Gasteiger partial charge in [-0.25, -0.2) is 0 Å². The lowest BCUT2D eigenvalue weighted by atomic mass is 10.1. The predicted molar refractivity (Wildman–Crippen MR) is 84.1 cm³/mol. The second-order valence-electron chi connectivity index (χ2n) is 5.09. The molecule has 0 saturated heterocycles. The number of H-pyrrole nitrogens is 1. The average molecular weight is 296 g/mol. The van der Waals surface area contributed by atoms with Crippen molar-refractivity contribution in [3.05, 3.63) is 60.3 Å². The summed E-state index contributed by atoms with van der Waals surface area (Å²) in [7, 11) is 0. The van der Waals surface area contributed by atoms with Gasteiger partial charge in [0.25, 0.3) is 0 Å². The largest absolute Gasteiger partial charge is 0.480 e. The molecule has 5 heteroatoms. The van der Waals surface area contributed by atoms with Crippen molar-refractivity contribution in [2.45, 2.75) is 12.5 Å². The molecule has 1 atom stereocenters. The summed E-state index contributed by atoms with van der Waals surface area (Å²) in [6.45, 7) is 0. The van der Waals surface area contributed by atoms with Gasteiger partial charge in [-0.05, 0) is 35.9 Å². The standard InChI is InChI=1S/C17H16N2O3/c18-15(17(20)21)8-11-10-19-16-7-6-13(9-14(11)16)22-12-4-2-1-3-5-12/h1-7,9-10,15,19H,8,18H2,(H,20,21)/t15-/m0/s1. The second kappa shape index (κ2) is 5.91. The summed E-state index contributed by atoms with van der Waals surface area (Å²) in [5.41, 5.74) is 7.40. The first-order valence-corrected chi connectivity index (χ1v) is 6.95. The predicted octanol–water partition coefficient (Wildman–Crippen LogP) is 2.91. The molecule has 0 aliphatic carbocycles. The molecule has 0 saturated carbocycles. The number of carboxylic acid groups (broad SMARTS) is 1. The Labute approximate surface area is 127 Å². The van der Waals surface area contributed by atoms with Gasteiger partial charge in [0.05, 0.1) is 0 Å². The number of hydrogen-bond acceptors (Lipinski definition) is 3. The Balaban J connectivity index is 1.89. The third-order valence-electron chi connectivity index (χ3n) is 3.47. The maximum Gasteiger partial charge on any atom is 0.320 e. The van der Waals surface area contributed by atoms with Crippen molar-refractivity contribution in [3.8, 4) is 11.5 Å². The van der Waals surface area contributed by atoms with Gasteiger partial charge in [0, 0.05) is 23.5 Å². The van der Waals surface area contributed by atoms with E-state index in [4.69, 9.17) is 15.6 Å². The van der Waals surface area contributed by atoms with Crippen molar-refractivity contribution < 1.29 is 14.6 Å². The number of fused-ring (bicyclic) bond motifs is 1. The van der Waals surface area contributed by atoms with Gasteiger partial charge in [-0.3, -0.25) is 4.79 Å². The molecule has 22 heavy (non-hydrogen) atoms. The first-order chi connectivity index (χ1) is 10.6. The van der Waals surface area contributed by atoms with Crippen LogP contribution >= 0.6 is 0 Å². The lowest BCUT2D eigenvalue weighted by Crippen LogP contribution is -2.32. The zero-order valence-corrected chi connectivity index (χ0v) is 11.8. The van der Waals surface area contributed by atoms with Crippen LogP contribution in [0.4, 0.5) is 0 Å². The van der Waals surface area contributed by atoms with Gasteiger partial charge in [0.2, 0.25) is 0 Å². The first kappa shape index (κ1) is 14.2. The molecule has 0 aliphatic heterocycles. The van der Waals surface area contributed by atoms with Crippen LogP contribution in [0.2, 0.25) is 0 Å². The van der Waals surface area contributed by atoms with Crippen LogP contribution in [-0.2, 0) is 11.2 Å². The van der Waals surface area contributed by atoms with E-state index in [1.54, 1.807) is 6.20 Å². The number of aromatic amines is 1. The van der Waals surface area contributed by atoms with E-state index in [0.717, 1.165) is 22.2 Å². The summed E-state index contributed by atoms with van der Waals surface area (Å²) in [6.07, 6.45) is 2.06. The molecule has 0 radical (unpaired) electrons. The zero-order valence-electron chi connectivity index (χ0n) is 11.8. The lowest BCUT2D eigenvalue weighted by Gasteiger charge is -2.07.